The molecule has 8 heteroatoms. The lowest BCUT2D eigenvalue weighted by Crippen LogP contribution is -2.43. The molecule has 0 spiro atoms. The van der Waals surface area contributed by atoms with E-state index in [0.29, 0.717) is 31.6 Å². The van der Waals surface area contributed by atoms with Gasteiger partial charge in [0, 0.05) is 29.0 Å². The number of rotatable bonds is 8. The van der Waals surface area contributed by atoms with Crippen LogP contribution in [-0.2, 0) is 4.74 Å². The highest BCUT2D eigenvalue weighted by Crippen LogP contribution is 2.68. The van der Waals surface area contributed by atoms with Crippen molar-refractivity contribution >= 4 is 23.1 Å². The molecule has 3 N–H and O–H groups in total. The number of hydrogen-bond acceptors (Lipinski definition) is 8. The van der Waals surface area contributed by atoms with Crippen LogP contribution >= 0.6 is 11.3 Å². The van der Waals surface area contributed by atoms with Gasteiger partial charge in [0.05, 0.1) is 29.7 Å². The molecule has 2 heterocycles. The summed E-state index contributed by atoms with van der Waals surface area (Å²) in [6, 6.07) is 0. The number of fused-ring (bicyclic) bond motifs is 1. The summed E-state index contributed by atoms with van der Waals surface area (Å²) in [6.45, 7) is 14.5. The molecule has 0 saturated heterocycles. The first-order chi connectivity index (χ1) is 14.2. The Morgan fingerprint density at radius 1 is 1.17 bits per heavy atom. The standard InChI is InChI=1S/C22H33N5O2S/c1-7-29-11-10-23-20-25-13(3)16(19-24-12(2)14(4)30-19)18(26-20)27-21(5)9-8-15-17(28)22(15,21)6/h15,17,28H,7-11H2,1-6H3,(H2,23,25,26,27). The van der Waals surface area contributed by atoms with E-state index >= 15 is 0 Å². The van der Waals surface area contributed by atoms with Crippen molar-refractivity contribution in [3.8, 4) is 10.6 Å². The fourth-order valence-corrected chi connectivity index (χ4v) is 5.91. The zero-order valence-corrected chi connectivity index (χ0v) is 19.6. The van der Waals surface area contributed by atoms with E-state index < -0.39 is 0 Å². The number of aromatic nitrogens is 3. The predicted molar refractivity (Wildman–Crippen MR) is 121 cm³/mol. The van der Waals surface area contributed by atoms with Crippen molar-refractivity contribution in [1.29, 1.82) is 0 Å². The number of hydrogen-bond donors (Lipinski definition) is 3. The first-order valence-electron chi connectivity index (χ1n) is 10.8. The van der Waals surface area contributed by atoms with Gasteiger partial charge in [-0.3, -0.25) is 0 Å². The van der Waals surface area contributed by atoms with Gasteiger partial charge in [0.2, 0.25) is 5.95 Å². The van der Waals surface area contributed by atoms with Gasteiger partial charge in [-0.15, -0.1) is 11.3 Å². The summed E-state index contributed by atoms with van der Waals surface area (Å²) in [4.78, 5) is 15.6. The number of aliphatic hydroxyl groups is 1. The molecule has 0 radical (unpaired) electrons. The van der Waals surface area contributed by atoms with Gasteiger partial charge >= 0.3 is 0 Å². The minimum Gasteiger partial charge on any atom is -0.392 e. The average molecular weight is 432 g/mol. The third kappa shape index (κ3) is 3.39. The minimum absolute atomic E-state index is 0.125. The number of thiazole rings is 1. The van der Waals surface area contributed by atoms with Crippen molar-refractivity contribution in [1.82, 2.24) is 15.0 Å². The Kier molecular flexibility index (Phi) is 5.53. The summed E-state index contributed by atoms with van der Waals surface area (Å²) in [5.41, 5.74) is 2.53. The van der Waals surface area contributed by atoms with Gasteiger partial charge in [0.15, 0.2) is 0 Å². The summed E-state index contributed by atoms with van der Waals surface area (Å²) in [7, 11) is 0. The molecule has 7 nitrogen and oxygen atoms in total. The Balaban J connectivity index is 1.70. The zero-order valence-electron chi connectivity index (χ0n) is 18.8. The lowest BCUT2D eigenvalue weighted by atomic mass is 9.84. The van der Waals surface area contributed by atoms with Crippen molar-refractivity contribution in [3.63, 3.8) is 0 Å². The summed E-state index contributed by atoms with van der Waals surface area (Å²) >= 11 is 1.67. The fraction of sp³-hybridized carbons (Fsp3) is 0.682. The topological polar surface area (TPSA) is 92.2 Å². The molecule has 0 amide bonds. The zero-order chi connectivity index (χ0) is 21.7. The monoisotopic (exact) mass is 431 g/mol. The normalized spacial score (nSPS) is 29.7. The molecule has 0 bridgehead atoms. The van der Waals surface area contributed by atoms with Crippen molar-refractivity contribution < 1.29 is 9.84 Å². The van der Waals surface area contributed by atoms with Crippen LogP contribution < -0.4 is 10.6 Å². The number of nitrogens with one attached hydrogen (secondary N) is 2. The van der Waals surface area contributed by atoms with E-state index in [9.17, 15) is 5.11 Å². The molecule has 2 saturated carbocycles. The maximum Gasteiger partial charge on any atom is 0.224 e. The van der Waals surface area contributed by atoms with Gasteiger partial charge in [-0.05, 0) is 53.4 Å². The van der Waals surface area contributed by atoms with Crippen LogP contribution in [0.1, 0.15) is 49.9 Å². The molecule has 0 aliphatic heterocycles. The van der Waals surface area contributed by atoms with E-state index in [-0.39, 0.29) is 17.1 Å². The lowest BCUT2D eigenvalue weighted by molar-refractivity contribution is 0.158. The second-order valence-electron chi connectivity index (χ2n) is 8.97. The maximum atomic E-state index is 10.5. The first-order valence-corrected chi connectivity index (χ1v) is 11.6. The van der Waals surface area contributed by atoms with E-state index in [1.54, 1.807) is 11.3 Å². The lowest BCUT2D eigenvalue weighted by Gasteiger charge is -2.36. The summed E-state index contributed by atoms with van der Waals surface area (Å²) in [5.74, 6) is 1.75. The van der Waals surface area contributed by atoms with Crippen LogP contribution in [0.3, 0.4) is 0 Å². The van der Waals surface area contributed by atoms with Gasteiger partial charge < -0.3 is 20.5 Å². The van der Waals surface area contributed by atoms with Crippen molar-refractivity contribution in [2.75, 3.05) is 30.4 Å². The Morgan fingerprint density at radius 2 is 1.93 bits per heavy atom. The largest absolute Gasteiger partial charge is 0.392 e. The molecule has 2 fully saturated rings. The Hall–Kier alpha value is -1.77. The SMILES string of the molecule is CCOCCNc1nc(C)c(-c2nc(C)c(C)s2)c(NC2(C)CCC3C(O)C32C)n1. The Morgan fingerprint density at radius 3 is 2.53 bits per heavy atom. The van der Waals surface area contributed by atoms with Crippen LogP contribution in [-0.4, -0.2) is 51.5 Å². The molecule has 4 rings (SSSR count). The van der Waals surface area contributed by atoms with Gasteiger partial charge in [-0.1, -0.05) is 6.92 Å². The molecule has 30 heavy (non-hydrogen) atoms. The highest BCUT2D eigenvalue weighted by molar-refractivity contribution is 7.15. The minimum atomic E-state index is -0.247. The third-order valence-electron chi connectivity index (χ3n) is 7.26. The van der Waals surface area contributed by atoms with E-state index in [2.05, 4.69) is 31.4 Å². The molecule has 2 aromatic heterocycles. The average Bonchev–Trinajstić information content (AvgIpc) is 2.91. The molecule has 2 aromatic rings. The van der Waals surface area contributed by atoms with Crippen molar-refractivity contribution in [2.24, 2.45) is 11.3 Å². The Bertz CT molecular complexity index is 928. The summed E-state index contributed by atoms with van der Waals surface area (Å²) < 4.78 is 5.42. The number of anilines is 2. The van der Waals surface area contributed by atoms with E-state index in [1.807, 2.05) is 20.8 Å². The molecule has 4 atom stereocenters. The molecular formula is C22H33N5O2S. The highest BCUT2D eigenvalue weighted by atomic mass is 32.1. The molecule has 164 valence electrons. The Labute approximate surface area is 182 Å². The van der Waals surface area contributed by atoms with Gasteiger partial charge in [0.25, 0.3) is 0 Å². The number of nitrogens with zero attached hydrogens (tertiary/aromatic N) is 3. The molecule has 4 unspecified atom stereocenters. The maximum absolute atomic E-state index is 10.5. The molecule has 2 aliphatic rings. The smallest absolute Gasteiger partial charge is 0.224 e. The van der Waals surface area contributed by atoms with Gasteiger partial charge in [0.1, 0.15) is 10.8 Å². The van der Waals surface area contributed by atoms with Crippen LogP contribution in [0.15, 0.2) is 0 Å². The van der Waals surface area contributed by atoms with Crippen molar-refractivity contribution in [2.45, 2.75) is 66.0 Å². The van der Waals surface area contributed by atoms with E-state index in [0.717, 1.165) is 40.6 Å². The fourth-order valence-electron chi connectivity index (χ4n) is 4.90. The number of aryl methyl sites for hydroxylation is 3. The second-order valence-corrected chi connectivity index (χ2v) is 10.2. The van der Waals surface area contributed by atoms with Crippen LogP contribution in [0, 0.1) is 32.1 Å². The van der Waals surface area contributed by atoms with Crippen LogP contribution in [0.25, 0.3) is 10.6 Å². The predicted octanol–water partition coefficient (Wildman–Crippen LogP) is 3.94. The quantitative estimate of drug-likeness (QED) is 0.545. The molecule has 2 aliphatic carbocycles. The van der Waals surface area contributed by atoms with Crippen molar-refractivity contribution in [3.05, 3.63) is 16.3 Å². The van der Waals surface area contributed by atoms with E-state index in [4.69, 9.17) is 19.7 Å². The van der Waals surface area contributed by atoms with Gasteiger partial charge in [-0.25, -0.2) is 9.97 Å². The first kappa shape index (κ1) is 21.5. The number of aliphatic hydroxyl groups excluding tert-OH is 1. The molecule has 0 aromatic carbocycles. The third-order valence-corrected chi connectivity index (χ3v) is 8.35. The van der Waals surface area contributed by atoms with Gasteiger partial charge in [-0.2, -0.15) is 4.98 Å². The summed E-state index contributed by atoms with van der Waals surface area (Å²) in [5, 5.41) is 18.5. The summed E-state index contributed by atoms with van der Waals surface area (Å²) in [6.07, 6.45) is 1.80. The second kappa shape index (κ2) is 7.73. The van der Waals surface area contributed by atoms with Crippen LogP contribution in [0.2, 0.25) is 0 Å². The highest BCUT2D eigenvalue weighted by Gasteiger charge is 2.73. The van der Waals surface area contributed by atoms with E-state index in [1.165, 1.54) is 4.88 Å². The van der Waals surface area contributed by atoms with Crippen LogP contribution in [0.5, 0.6) is 0 Å². The van der Waals surface area contributed by atoms with Crippen LogP contribution in [0.4, 0.5) is 11.8 Å². The number of ether oxygens (including phenoxy) is 1. The molecular weight excluding hydrogens is 398 g/mol.